The zero-order chi connectivity index (χ0) is 27.2. The highest BCUT2D eigenvalue weighted by Gasteiger charge is 2.36. The van der Waals surface area contributed by atoms with Crippen molar-refractivity contribution in [2.45, 2.75) is 32.9 Å². The van der Waals surface area contributed by atoms with Gasteiger partial charge in [0.15, 0.2) is 11.5 Å². The van der Waals surface area contributed by atoms with Gasteiger partial charge in [0.1, 0.15) is 5.82 Å². The molecule has 2 aliphatic heterocycles. The van der Waals surface area contributed by atoms with Gasteiger partial charge < -0.3 is 24.3 Å². The number of para-hydroxylation sites is 1. The second-order valence-corrected chi connectivity index (χ2v) is 10.1. The third kappa shape index (κ3) is 4.00. The Bertz CT molecular complexity index is 1700. The number of hydrogen-bond donors (Lipinski definition) is 1. The lowest BCUT2D eigenvalue weighted by atomic mass is 10.0. The lowest BCUT2D eigenvalue weighted by Crippen LogP contribution is -2.38. The van der Waals surface area contributed by atoms with Gasteiger partial charge in [-0.05, 0) is 55.3 Å². The Balaban J connectivity index is 1.38. The van der Waals surface area contributed by atoms with E-state index in [1.165, 1.54) is 5.56 Å². The van der Waals surface area contributed by atoms with E-state index in [4.69, 9.17) is 14.6 Å². The summed E-state index contributed by atoms with van der Waals surface area (Å²) in [5.41, 5.74) is 6.80. The fraction of sp³-hybridized carbons (Fsp3) is 0.188. The molecule has 0 unspecified atom stereocenters. The minimum Gasteiger partial charge on any atom is -0.454 e. The lowest BCUT2D eigenvalue weighted by Gasteiger charge is -2.31. The molecule has 40 heavy (non-hydrogen) atoms. The molecule has 0 radical (unpaired) electrons. The Labute approximate surface area is 232 Å². The molecule has 1 atom stereocenters. The maximum Gasteiger partial charge on any atom is 0.322 e. The van der Waals surface area contributed by atoms with Crippen LogP contribution < -0.4 is 14.8 Å². The Morgan fingerprint density at radius 1 is 0.975 bits per heavy atom. The van der Waals surface area contributed by atoms with Crippen molar-refractivity contribution in [1.29, 1.82) is 0 Å². The van der Waals surface area contributed by atoms with Crippen LogP contribution in [0.25, 0.3) is 11.5 Å². The summed E-state index contributed by atoms with van der Waals surface area (Å²) in [6.45, 7) is 4.75. The molecular formula is C32H29N5O3. The molecule has 7 rings (SSSR count). The monoisotopic (exact) mass is 531 g/mol. The fourth-order valence-electron chi connectivity index (χ4n) is 5.62. The standard InChI is InChI=1S/C32H29N5O3/c1-3-26-25-19-36(32(38)33-23-15-16-28-29(18-23)40-20-39-28)30(22-13-11-21(2)12-14-22)27-10-7-17-35(27)31(25)37(34-26)24-8-5-4-6-9-24/h4-18,30H,3,19-20H2,1-2H3,(H,33,38)/t30-/m0/s1. The number of benzene rings is 3. The number of carbonyl (C=O) groups excluding carboxylic acids is 1. The van der Waals surface area contributed by atoms with E-state index in [1.54, 1.807) is 6.07 Å². The predicted molar refractivity (Wildman–Crippen MR) is 152 cm³/mol. The van der Waals surface area contributed by atoms with E-state index in [0.29, 0.717) is 23.7 Å². The van der Waals surface area contributed by atoms with Crippen molar-refractivity contribution in [3.63, 3.8) is 0 Å². The first-order valence-electron chi connectivity index (χ1n) is 13.5. The maximum absolute atomic E-state index is 14.2. The molecule has 8 nitrogen and oxygen atoms in total. The number of ether oxygens (including phenoxy) is 2. The Hall–Kier alpha value is -4.98. The van der Waals surface area contributed by atoms with Gasteiger partial charge >= 0.3 is 6.03 Å². The van der Waals surface area contributed by atoms with Crippen LogP contribution in [-0.4, -0.2) is 32.1 Å². The van der Waals surface area contributed by atoms with E-state index in [9.17, 15) is 4.79 Å². The van der Waals surface area contributed by atoms with Crippen molar-refractivity contribution >= 4 is 11.7 Å². The molecule has 0 bridgehead atoms. The van der Waals surface area contributed by atoms with Gasteiger partial charge in [-0.25, -0.2) is 9.48 Å². The van der Waals surface area contributed by atoms with E-state index in [-0.39, 0.29) is 18.9 Å². The highest BCUT2D eigenvalue weighted by molar-refractivity contribution is 5.90. The summed E-state index contributed by atoms with van der Waals surface area (Å²) < 4.78 is 15.2. The summed E-state index contributed by atoms with van der Waals surface area (Å²) in [6.07, 6.45) is 2.81. The molecule has 0 saturated carbocycles. The van der Waals surface area contributed by atoms with Gasteiger partial charge in [0, 0.05) is 23.5 Å². The van der Waals surface area contributed by atoms with Crippen molar-refractivity contribution in [3.05, 3.63) is 119 Å². The summed E-state index contributed by atoms with van der Waals surface area (Å²) in [6, 6.07) is 27.6. The molecule has 0 spiro atoms. The summed E-state index contributed by atoms with van der Waals surface area (Å²) in [5.74, 6) is 2.25. The largest absolute Gasteiger partial charge is 0.454 e. The topological polar surface area (TPSA) is 73.6 Å². The first kappa shape index (κ1) is 24.1. The molecule has 0 saturated heterocycles. The van der Waals surface area contributed by atoms with Crippen LogP contribution in [0.3, 0.4) is 0 Å². The number of nitrogens with one attached hydrogen (secondary N) is 1. The van der Waals surface area contributed by atoms with Crippen LogP contribution in [0.2, 0.25) is 0 Å². The molecule has 0 fully saturated rings. The Kier molecular flexibility index (Phi) is 5.81. The number of fused-ring (bicyclic) bond motifs is 4. The normalized spacial score (nSPS) is 15.3. The zero-order valence-corrected chi connectivity index (χ0v) is 22.4. The third-order valence-corrected chi connectivity index (χ3v) is 7.58. The quantitative estimate of drug-likeness (QED) is 0.291. The molecule has 2 aliphatic rings. The van der Waals surface area contributed by atoms with Crippen LogP contribution >= 0.6 is 0 Å². The van der Waals surface area contributed by atoms with E-state index in [0.717, 1.165) is 40.4 Å². The minimum atomic E-state index is -0.328. The van der Waals surface area contributed by atoms with Gasteiger partial charge in [-0.2, -0.15) is 5.10 Å². The van der Waals surface area contributed by atoms with Crippen molar-refractivity contribution < 1.29 is 14.3 Å². The zero-order valence-electron chi connectivity index (χ0n) is 22.4. The molecule has 3 aromatic carbocycles. The van der Waals surface area contributed by atoms with Gasteiger partial charge in [-0.1, -0.05) is 55.0 Å². The minimum absolute atomic E-state index is 0.180. The number of hydrogen-bond acceptors (Lipinski definition) is 4. The summed E-state index contributed by atoms with van der Waals surface area (Å²) in [5, 5.41) is 8.16. The van der Waals surface area contributed by atoms with Crippen LogP contribution in [0.5, 0.6) is 11.5 Å². The van der Waals surface area contributed by atoms with Crippen LogP contribution in [0.15, 0.2) is 91.1 Å². The number of rotatable bonds is 4. The van der Waals surface area contributed by atoms with Gasteiger partial charge in [-0.3, -0.25) is 0 Å². The van der Waals surface area contributed by atoms with Crippen LogP contribution in [0.4, 0.5) is 10.5 Å². The van der Waals surface area contributed by atoms with Crippen LogP contribution in [-0.2, 0) is 13.0 Å². The lowest BCUT2D eigenvalue weighted by molar-refractivity contribution is 0.174. The fourth-order valence-corrected chi connectivity index (χ4v) is 5.62. The highest BCUT2D eigenvalue weighted by atomic mass is 16.7. The van der Waals surface area contributed by atoms with Crippen molar-refractivity contribution in [2.75, 3.05) is 12.1 Å². The number of amides is 2. The number of aryl methyl sites for hydroxylation is 2. The summed E-state index contributed by atoms with van der Waals surface area (Å²) in [4.78, 5) is 16.1. The summed E-state index contributed by atoms with van der Waals surface area (Å²) >= 11 is 0. The average Bonchev–Trinajstić information content (AvgIpc) is 3.71. The molecule has 0 aliphatic carbocycles. The Morgan fingerprint density at radius 3 is 2.58 bits per heavy atom. The second-order valence-electron chi connectivity index (χ2n) is 10.1. The van der Waals surface area contributed by atoms with E-state index in [2.05, 4.69) is 72.4 Å². The number of carbonyl (C=O) groups is 1. The number of aromatic nitrogens is 3. The van der Waals surface area contributed by atoms with Crippen LogP contribution in [0, 0.1) is 6.92 Å². The number of nitrogens with zero attached hydrogens (tertiary/aromatic N) is 4. The Morgan fingerprint density at radius 2 is 1.77 bits per heavy atom. The van der Waals surface area contributed by atoms with Gasteiger partial charge in [0.2, 0.25) is 6.79 Å². The molecule has 200 valence electrons. The second kappa shape index (κ2) is 9.64. The molecule has 4 heterocycles. The molecule has 2 amide bonds. The molecular weight excluding hydrogens is 502 g/mol. The molecule has 1 N–H and O–H groups in total. The molecule has 8 heteroatoms. The SMILES string of the molecule is CCc1nn(-c2ccccc2)c2c1CN(C(=O)Nc1ccc3c(c1)OCO3)[C@@H](c1ccc(C)cc1)c1cccn1-2. The molecule has 5 aromatic rings. The van der Waals surface area contributed by atoms with Gasteiger partial charge in [0.25, 0.3) is 0 Å². The average molecular weight is 532 g/mol. The van der Waals surface area contributed by atoms with Crippen molar-refractivity contribution in [1.82, 2.24) is 19.2 Å². The highest BCUT2D eigenvalue weighted by Crippen LogP contribution is 2.40. The smallest absolute Gasteiger partial charge is 0.322 e. The van der Waals surface area contributed by atoms with Gasteiger partial charge in [0.05, 0.1) is 29.7 Å². The first-order valence-corrected chi connectivity index (χ1v) is 13.5. The predicted octanol–water partition coefficient (Wildman–Crippen LogP) is 6.40. The van der Waals surface area contributed by atoms with E-state index in [1.807, 2.05) is 46.0 Å². The molecule has 2 aromatic heterocycles. The number of anilines is 1. The first-order chi connectivity index (χ1) is 19.6. The van der Waals surface area contributed by atoms with Crippen molar-refractivity contribution in [2.24, 2.45) is 0 Å². The summed E-state index contributed by atoms with van der Waals surface area (Å²) in [7, 11) is 0. The maximum atomic E-state index is 14.2. The van der Waals surface area contributed by atoms with E-state index >= 15 is 0 Å². The third-order valence-electron chi connectivity index (χ3n) is 7.58. The van der Waals surface area contributed by atoms with E-state index < -0.39 is 0 Å². The van der Waals surface area contributed by atoms with Crippen molar-refractivity contribution in [3.8, 4) is 23.0 Å². The van der Waals surface area contributed by atoms with Gasteiger partial charge in [-0.15, -0.1) is 0 Å². The van der Waals surface area contributed by atoms with Crippen LogP contribution in [0.1, 0.15) is 41.0 Å². The number of urea groups is 1.